The molecule has 7 nitrogen and oxygen atoms in total. The lowest BCUT2D eigenvalue weighted by Gasteiger charge is -2.31. The number of sulfonamides is 1. The average molecular weight is 451 g/mol. The highest BCUT2D eigenvalue weighted by molar-refractivity contribution is 7.89. The van der Waals surface area contributed by atoms with Crippen LogP contribution in [0, 0.1) is 20.8 Å². The molecule has 2 aliphatic rings. The molecule has 1 amide bonds. The van der Waals surface area contributed by atoms with Crippen LogP contribution >= 0.6 is 0 Å². The van der Waals surface area contributed by atoms with E-state index in [-0.39, 0.29) is 24.9 Å². The monoisotopic (exact) mass is 450 g/mol. The van der Waals surface area contributed by atoms with Crippen molar-refractivity contribution in [2.45, 2.75) is 57.9 Å². The molecule has 1 aromatic carbocycles. The number of likely N-dealkylation sites (N-methyl/N-ethyl adjacent to an activating group) is 1. The lowest BCUT2D eigenvalue weighted by Crippen LogP contribution is -2.48. The van der Waals surface area contributed by atoms with Crippen molar-refractivity contribution in [2.75, 3.05) is 52.4 Å². The van der Waals surface area contributed by atoms with Crippen LogP contribution in [0.1, 0.15) is 42.9 Å². The first-order valence-corrected chi connectivity index (χ1v) is 13.0. The van der Waals surface area contributed by atoms with Gasteiger partial charge in [0.1, 0.15) is 0 Å². The highest BCUT2D eigenvalue weighted by Crippen LogP contribution is 2.26. The molecule has 8 heteroatoms. The molecule has 0 unspecified atom stereocenters. The van der Waals surface area contributed by atoms with Crippen LogP contribution in [0.5, 0.6) is 0 Å². The second-order valence-electron chi connectivity index (χ2n) is 8.87. The number of rotatable bonds is 8. The summed E-state index contributed by atoms with van der Waals surface area (Å²) < 4.78 is 29.1. The summed E-state index contributed by atoms with van der Waals surface area (Å²) in [4.78, 5) is 17.3. The molecule has 2 fully saturated rings. The van der Waals surface area contributed by atoms with Gasteiger partial charge in [-0.2, -0.15) is 4.31 Å². The fraction of sp³-hybridized carbons (Fsp3) is 0.696. The Labute approximate surface area is 187 Å². The SMILES string of the molecule is CCN1CCC[C@H]1CN(CCC(=O)N1CCNCC1)S(=O)(=O)c1cc(C)c(C)cc1C. The van der Waals surface area contributed by atoms with Gasteiger partial charge >= 0.3 is 0 Å². The molecule has 0 aromatic heterocycles. The number of nitrogens with one attached hydrogen (secondary N) is 1. The summed E-state index contributed by atoms with van der Waals surface area (Å²) >= 11 is 0. The van der Waals surface area contributed by atoms with Gasteiger partial charge in [-0.05, 0) is 69.5 Å². The standard InChI is InChI=1S/C23H38N4O3S/c1-5-25-11-6-7-21(25)17-27(12-8-23(28)26-13-9-24-10-14-26)31(29,30)22-16-19(3)18(2)15-20(22)4/h15-16,21,24H,5-14,17H2,1-4H3/t21-/m0/s1. The zero-order valence-electron chi connectivity index (χ0n) is 19.5. The number of piperazine rings is 1. The summed E-state index contributed by atoms with van der Waals surface area (Å²) in [5.41, 5.74) is 2.82. The van der Waals surface area contributed by atoms with Crippen molar-refractivity contribution in [1.29, 1.82) is 0 Å². The van der Waals surface area contributed by atoms with Crippen molar-refractivity contribution in [3.63, 3.8) is 0 Å². The number of carbonyl (C=O) groups excluding carboxylic acids is 1. The number of amides is 1. The molecule has 174 valence electrons. The van der Waals surface area contributed by atoms with Crippen LogP contribution in [-0.2, 0) is 14.8 Å². The maximum Gasteiger partial charge on any atom is 0.243 e. The van der Waals surface area contributed by atoms with Crippen molar-refractivity contribution >= 4 is 15.9 Å². The van der Waals surface area contributed by atoms with E-state index in [1.807, 2.05) is 31.7 Å². The van der Waals surface area contributed by atoms with E-state index in [2.05, 4.69) is 17.1 Å². The zero-order chi connectivity index (χ0) is 22.6. The third-order valence-electron chi connectivity index (χ3n) is 6.77. The molecule has 1 atom stereocenters. The van der Waals surface area contributed by atoms with Gasteiger partial charge in [0.25, 0.3) is 0 Å². The van der Waals surface area contributed by atoms with Crippen LogP contribution in [0.2, 0.25) is 0 Å². The molecule has 0 aliphatic carbocycles. The van der Waals surface area contributed by atoms with Gasteiger partial charge in [0, 0.05) is 51.7 Å². The van der Waals surface area contributed by atoms with Gasteiger partial charge in [0.05, 0.1) is 4.90 Å². The lowest BCUT2D eigenvalue weighted by atomic mass is 10.1. The van der Waals surface area contributed by atoms with Gasteiger partial charge in [-0.25, -0.2) is 8.42 Å². The Hall–Kier alpha value is -1.48. The Morgan fingerprint density at radius 1 is 1.10 bits per heavy atom. The molecule has 1 N–H and O–H groups in total. The molecular weight excluding hydrogens is 412 g/mol. The predicted octanol–water partition coefficient (Wildman–Crippen LogP) is 1.91. The summed E-state index contributed by atoms with van der Waals surface area (Å²) in [6.07, 6.45) is 2.31. The van der Waals surface area contributed by atoms with Crippen LogP contribution < -0.4 is 5.32 Å². The van der Waals surface area contributed by atoms with Crippen LogP contribution in [-0.4, -0.2) is 86.8 Å². The van der Waals surface area contributed by atoms with Crippen molar-refractivity contribution in [3.05, 3.63) is 28.8 Å². The number of aryl methyl sites for hydroxylation is 3. The maximum absolute atomic E-state index is 13.8. The number of nitrogens with zero attached hydrogens (tertiary/aromatic N) is 3. The molecule has 2 aliphatic heterocycles. The summed E-state index contributed by atoms with van der Waals surface area (Å²) in [7, 11) is -3.69. The van der Waals surface area contributed by atoms with E-state index in [0.717, 1.165) is 55.7 Å². The van der Waals surface area contributed by atoms with E-state index < -0.39 is 10.0 Å². The van der Waals surface area contributed by atoms with Gasteiger partial charge in [-0.1, -0.05) is 13.0 Å². The minimum Gasteiger partial charge on any atom is -0.340 e. The minimum atomic E-state index is -3.69. The highest BCUT2D eigenvalue weighted by Gasteiger charge is 2.33. The minimum absolute atomic E-state index is 0.0391. The quantitative estimate of drug-likeness (QED) is 0.655. The average Bonchev–Trinajstić information content (AvgIpc) is 3.21. The normalized spacial score (nSPS) is 20.5. The third-order valence-corrected chi connectivity index (χ3v) is 8.78. The largest absolute Gasteiger partial charge is 0.340 e. The Kier molecular flexibility index (Phi) is 8.13. The van der Waals surface area contributed by atoms with E-state index in [4.69, 9.17) is 0 Å². The predicted molar refractivity (Wildman–Crippen MR) is 124 cm³/mol. The second-order valence-corrected chi connectivity index (χ2v) is 10.8. The fourth-order valence-electron chi connectivity index (χ4n) is 4.71. The first-order valence-electron chi connectivity index (χ1n) is 11.5. The topological polar surface area (TPSA) is 73.0 Å². The molecule has 2 saturated heterocycles. The Balaban J connectivity index is 1.83. The van der Waals surface area contributed by atoms with E-state index in [0.29, 0.717) is 24.5 Å². The molecule has 1 aromatic rings. The smallest absolute Gasteiger partial charge is 0.243 e. The number of hydrogen-bond donors (Lipinski definition) is 1. The Bertz CT molecular complexity index is 881. The molecule has 2 heterocycles. The maximum atomic E-state index is 13.8. The van der Waals surface area contributed by atoms with E-state index in [1.54, 1.807) is 10.4 Å². The van der Waals surface area contributed by atoms with Gasteiger partial charge < -0.3 is 10.2 Å². The Morgan fingerprint density at radius 3 is 2.45 bits per heavy atom. The molecule has 0 saturated carbocycles. The first kappa shape index (κ1) is 24.2. The number of hydrogen-bond acceptors (Lipinski definition) is 5. The Morgan fingerprint density at radius 2 is 1.77 bits per heavy atom. The van der Waals surface area contributed by atoms with Crippen LogP contribution in [0.25, 0.3) is 0 Å². The van der Waals surface area contributed by atoms with Crippen LogP contribution in [0.15, 0.2) is 17.0 Å². The van der Waals surface area contributed by atoms with Crippen molar-refractivity contribution < 1.29 is 13.2 Å². The highest BCUT2D eigenvalue weighted by atomic mass is 32.2. The summed E-state index contributed by atoms with van der Waals surface area (Å²) in [5, 5.41) is 3.25. The van der Waals surface area contributed by atoms with Crippen molar-refractivity contribution in [2.24, 2.45) is 0 Å². The molecule has 0 bridgehead atoms. The number of carbonyl (C=O) groups is 1. The molecular formula is C23H38N4O3S. The molecule has 31 heavy (non-hydrogen) atoms. The second kappa shape index (κ2) is 10.4. The molecule has 0 spiro atoms. The molecule has 3 rings (SSSR count). The van der Waals surface area contributed by atoms with Crippen LogP contribution in [0.3, 0.4) is 0 Å². The summed E-state index contributed by atoms with van der Waals surface area (Å²) in [5.74, 6) is 0.0391. The number of likely N-dealkylation sites (tertiary alicyclic amines) is 1. The van der Waals surface area contributed by atoms with Gasteiger partial charge in [-0.3, -0.25) is 9.69 Å². The number of benzene rings is 1. The van der Waals surface area contributed by atoms with Gasteiger partial charge in [0.15, 0.2) is 0 Å². The van der Waals surface area contributed by atoms with Crippen molar-refractivity contribution in [3.8, 4) is 0 Å². The van der Waals surface area contributed by atoms with E-state index in [1.165, 1.54) is 0 Å². The zero-order valence-corrected chi connectivity index (χ0v) is 20.3. The van der Waals surface area contributed by atoms with Gasteiger partial charge in [0.2, 0.25) is 15.9 Å². The lowest BCUT2D eigenvalue weighted by molar-refractivity contribution is -0.131. The fourth-order valence-corrected chi connectivity index (χ4v) is 6.48. The third kappa shape index (κ3) is 5.66. The first-order chi connectivity index (χ1) is 14.7. The van der Waals surface area contributed by atoms with Crippen LogP contribution in [0.4, 0.5) is 0 Å². The van der Waals surface area contributed by atoms with Gasteiger partial charge in [-0.15, -0.1) is 0 Å². The van der Waals surface area contributed by atoms with E-state index >= 15 is 0 Å². The molecule has 0 radical (unpaired) electrons. The van der Waals surface area contributed by atoms with E-state index in [9.17, 15) is 13.2 Å². The summed E-state index contributed by atoms with van der Waals surface area (Å²) in [6, 6.07) is 3.94. The summed E-state index contributed by atoms with van der Waals surface area (Å²) in [6.45, 7) is 13.5. The van der Waals surface area contributed by atoms with Crippen molar-refractivity contribution in [1.82, 2.24) is 19.4 Å².